The average Bonchev–Trinajstić information content (AvgIpc) is 3.03. The van der Waals surface area contributed by atoms with Gasteiger partial charge in [-0.15, -0.1) is 11.3 Å². The Labute approximate surface area is 123 Å². The quantitative estimate of drug-likeness (QED) is 0.829. The third-order valence-corrected chi connectivity index (χ3v) is 4.54. The molecule has 1 aliphatic carbocycles. The van der Waals surface area contributed by atoms with Crippen LogP contribution in [0, 0.1) is 12.8 Å². The van der Waals surface area contributed by atoms with Crippen LogP contribution < -0.4 is 5.43 Å². The van der Waals surface area contributed by atoms with E-state index < -0.39 is 0 Å². The van der Waals surface area contributed by atoms with Crippen molar-refractivity contribution < 1.29 is 0 Å². The highest BCUT2D eigenvalue weighted by atomic mass is 32.1. The highest BCUT2D eigenvalue weighted by Crippen LogP contribution is 2.30. The molecule has 1 aromatic heterocycles. The van der Waals surface area contributed by atoms with E-state index in [4.69, 9.17) is 0 Å². The summed E-state index contributed by atoms with van der Waals surface area (Å²) < 4.78 is 0. The maximum absolute atomic E-state index is 4.66. The Morgan fingerprint density at radius 3 is 2.80 bits per heavy atom. The number of hydrogen-bond donors (Lipinski definition) is 1. The molecule has 0 aliphatic heterocycles. The Morgan fingerprint density at radius 2 is 2.10 bits per heavy atom. The molecule has 1 aromatic carbocycles. The number of thiazole rings is 1. The summed E-state index contributed by atoms with van der Waals surface area (Å²) in [6.07, 6.45) is 3.49. The van der Waals surface area contributed by atoms with Crippen LogP contribution >= 0.6 is 11.3 Å². The molecule has 3 rings (SSSR count). The average molecular weight is 285 g/mol. The molecule has 2 aromatic rings. The van der Waals surface area contributed by atoms with Crippen LogP contribution in [0.2, 0.25) is 0 Å². The van der Waals surface area contributed by atoms with Crippen LogP contribution in [0.15, 0.2) is 35.4 Å². The third kappa shape index (κ3) is 2.90. The van der Waals surface area contributed by atoms with E-state index >= 15 is 0 Å². The van der Waals surface area contributed by atoms with Gasteiger partial charge in [-0.3, -0.25) is 5.43 Å². The summed E-state index contributed by atoms with van der Waals surface area (Å²) in [5.74, 6) is 0.772. The summed E-state index contributed by atoms with van der Waals surface area (Å²) in [4.78, 5) is 5.88. The number of nitrogens with zero attached hydrogens (tertiary/aromatic N) is 2. The van der Waals surface area contributed by atoms with Gasteiger partial charge in [-0.05, 0) is 32.1 Å². The number of anilines is 1. The van der Waals surface area contributed by atoms with Gasteiger partial charge < -0.3 is 0 Å². The second kappa shape index (κ2) is 5.75. The molecule has 0 spiro atoms. The number of benzene rings is 1. The van der Waals surface area contributed by atoms with Crippen molar-refractivity contribution in [2.45, 2.75) is 33.1 Å². The molecule has 4 heteroatoms. The molecule has 3 nitrogen and oxygen atoms in total. The molecule has 1 heterocycles. The summed E-state index contributed by atoms with van der Waals surface area (Å²) in [7, 11) is 0. The fourth-order valence-corrected chi connectivity index (χ4v) is 3.33. The van der Waals surface area contributed by atoms with Crippen molar-refractivity contribution in [1.82, 2.24) is 4.98 Å². The Morgan fingerprint density at radius 1 is 1.30 bits per heavy atom. The van der Waals surface area contributed by atoms with Gasteiger partial charge in [-0.2, -0.15) is 5.10 Å². The molecule has 1 unspecified atom stereocenters. The molecule has 1 fully saturated rings. The van der Waals surface area contributed by atoms with Crippen LogP contribution in [0.3, 0.4) is 0 Å². The van der Waals surface area contributed by atoms with Crippen molar-refractivity contribution in [2.24, 2.45) is 11.0 Å². The van der Waals surface area contributed by atoms with Crippen LogP contribution in [-0.4, -0.2) is 10.7 Å². The summed E-state index contributed by atoms with van der Waals surface area (Å²) in [5.41, 5.74) is 6.62. The minimum Gasteiger partial charge on any atom is -0.253 e. The first kappa shape index (κ1) is 13.3. The van der Waals surface area contributed by atoms with Crippen molar-refractivity contribution in [3.05, 3.63) is 35.2 Å². The predicted molar refractivity (Wildman–Crippen MR) is 86.4 cm³/mol. The molecule has 20 heavy (non-hydrogen) atoms. The van der Waals surface area contributed by atoms with Gasteiger partial charge in [-0.1, -0.05) is 37.3 Å². The molecule has 1 N–H and O–H groups in total. The first-order valence-corrected chi connectivity index (χ1v) is 7.88. The van der Waals surface area contributed by atoms with E-state index in [1.54, 1.807) is 11.3 Å². The molecule has 1 atom stereocenters. The van der Waals surface area contributed by atoms with Crippen molar-refractivity contribution in [3.63, 3.8) is 0 Å². The molecule has 0 bridgehead atoms. The molecule has 0 saturated heterocycles. The fourth-order valence-electron chi connectivity index (χ4n) is 2.56. The van der Waals surface area contributed by atoms with Crippen LogP contribution in [-0.2, 0) is 0 Å². The number of rotatable bonds is 3. The lowest BCUT2D eigenvalue weighted by Gasteiger charge is -1.98. The SMILES string of the molecule is Cc1sc(N/N=C2/CCC(C)C2)nc1-c1ccccc1. The molecule has 0 radical (unpaired) electrons. The number of hydrazone groups is 1. The Hall–Kier alpha value is -1.68. The molecule has 104 valence electrons. The van der Waals surface area contributed by atoms with Gasteiger partial charge in [-0.25, -0.2) is 4.98 Å². The molecule has 0 amide bonds. The minimum atomic E-state index is 0.772. The highest BCUT2D eigenvalue weighted by molar-refractivity contribution is 7.15. The summed E-state index contributed by atoms with van der Waals surface area (Å²) in [5, 5.41) is 5.39. The van der Waals surface area contributed by atoms with E-state index in [0.29, 0.717) is 0 Å². The number of hydrogen-bond acceptors (Lipinski definition) is 4. The number of nitrogens with one attached hydrogen (secondary N) is 1. The van der Waals surface area contributed by atoms with E-state index in [0.717, 1.165) is 35.1 Å². The van der Waals surface area contributed by atoms with Crippen molar-refractivity contribution in [2.75, 3.05) is 5.43 Å². The minimum absolute atomic E-state index is 0.772. The second-order valence-corrected chi connectivity index (χ2v) is 6.63. The predicted octanol–water partition coefficient (Wildman–Crippen LogP) is 4.71. The van der Waals surface area contributed by atoms with E-state index in [-0.39, 0.29) is 0 Å². The smallest absolute Gasteiger partial charge is 0.204 e. The molecule has 1 saturated carbocycles. The molecular weight excluding hydrogens is 266 g/mol. The zero-order chi connectivity index (χ0) is 13.9. The first-order chi connectivity index (χ1) is 9.72. The highest BCUT2D eigenvalue weighted by Gasteiger charge is 2.16. The lowest BCUT2D eigenvalue weighted by atomic mass is 10.1. The van der Waals surface area contributed by atoms with Gasteiger partial charge in [0.2, 0.25) is 5.13 Å². The van der Waals surface area contributed by atoms with Crippen molar-refractivity contribution >= 4 is 22.2 Å². The fraction of sp³-hybridized carbons (Fsp3) is 0.375. The van der Waals surface area contributed by atoms with Gasteiger partial charge in [0.25, 0.3) is 0 Å². The monoisotopic (exact) mass is 285 g/mol. The van der Waals surface area contributed by atoms with Gasteiger partial charge in [0, 0.05) is 16.2 Å². The van der Waals surface area contributed by atoms with Crippen LogP contribution in [0.4, 0.5) is 5.13 Å². The number of aromatic nitrogens is 1. The van der Waals surface area contributed by atoms with Crippen LogP contribution in [0.1, 0.15) is 31.1 Å². The van der Waals surface area contributed by atoms with E-state index in [1.165, 1.54) is 17.0 Å². The summed E-state index contributed by atoms with van der Waals surface area (Å²) in [6.45, 7) is 4.39. The van der Waals surface area contributed by atoms with Gasteiger partial charge in [0.15, 0.2) is 0 Å². The second-order valence-electron chi connectivity index (χ2n) is 5.43. The normalized spacial score (nSPS) is 20.5. The maximum atomic E-state index is 4.66. The lowest BCUT2D eigenvalue weighted by Crippen LogP contribution is -1.97. The van der Waals surface area contributed by atoms with Crippen LogP contribution in [0.25, 0.3) is 11.3 Å². The number of aryl methyl sites for hydroxylation is 1. The van der Waals surface area contributed by atoms with Gasteiger partial charge in [0.05, 0.1) is 5.69 Å². The maximum Gasteiger partial charge on any atom is 0.204 e. The molecule has 1 aliphatic rings. The first-order valence-electron chi connectivity index (χ1n) is 7.06. The van der Waals surface area contributed by atoms with Crippen LogP contribution in [0.5, 0.6) is 0 Å². The van der Waals surface area contributed by atoms with E-state index in [9.17, 15) is 0 Å². The largest absolute Gasteiger partial charge is 0.253 e. The topological polar surface area (TPSA) is 37.3 Å². The van der Waals surface area contributed by atoms with Crippen molar-refractivity contribution in [3.8, 4) is 11.3 Å². The van der Waals surface area contributed by atoms with Gasteiger partial charge >= 0.3 is 0 Å². The zero-order valence-electron chi connectivity index (χ0n) is 11.9. The molecular formula is C16H19N3S. The Bertz CT molecular complexity index is 616. The summed E-state index contributed by atoms with van der Waals surface area (Å²) in [6, 6.07) is 10.3. The van der Waals surface area contributed by atoms with Crippen molar-refractivity contribution in [1.29, 1.82) is 0 Å². The summed E-state index contributed by atoms with van der Waals surface area (Å²) >= 11 is 1.66. The third-order valence-electron chi connectivity index (χ3n) is 3.66. The van der Waals surface area contributed by atoms with E-state index in [2.05, 4.69) is 41.5 Å². The standard InChI is InChI=1S/C16H19N3S/c1-11-8-9-14(10-11)18-19-16-17-15(12(2)20-16)13-6-4-3-5-7-13/h3-7,11H,8-10H2,1-2H3,(H,17,19)/b18-14-. The van der Waals surface area contributed by atoms with E-state index in [1.807, 2.05) is 18.2 Å². The van der Waals surface area contributed by atoms with Gasteiger partial charge in [0.1, 0.15) is 0 Å². The lowest BCUT2D eigenvalue weighted by molar-refractivity contribution is 0.623. The zero-order valence-corrected chi connectivity index (χ0v) is 12.7. The Balaban J connectivity index is 1.76. The Kier molecular flexibility index (Phi) is 3.83.